The second kappa shape index (κ2) is 37.6. The molecule has 0 saturated carbocycles. The molecule has 0 aromatic heterocycles. The molecule has 344 valence electrons. The third-order valence-corrected chi connectivity index (χ3v) is 11.8. The zero-order valence-corrected chi connectivity index (χ0v) is 37.0. The SMILES string of the molecule is CCCCCCCCCCCCCC/C=C\CCCCCCCCCC(O)C(=O)NC(COC1OC(CO)C(O)C(O)C1O)C(O)C(O)CCCCCCCCCC. The molecule has 1 rings (SSSR count). The van der Waals surface area contributed by atoms with E-state index < -0.39 is 74.2 Å². The third kappa shape index (κ3) is 26.9. The molecule has 58 heavy (non-hydrogen) atoms. The topological polar surface area (TPSA) is 189 Å². The average Bonchev–Trinajstić information content (AvgIpc) is 3.22. The molecular formula is C47H91NO10. The average molecular weight is 830 g/mol. The Balaban J connectivity index is 2.32. The van der Waals surface area contributed by atoms with Gasteiger partial charge in [0.1, 0.15) is 36.6 Å². The molecule has 9 atom stereocenters. The van der Waals surface area contributed by atoms with Crippen molar-refractivity contribution in [1.82, 2.24) is 5.32 Å². The molecule has 8 N–H and O–H groups in total. The summed E-state index contributed by atoms with van der Waals surface area (Å²) in [6, 6.07) is -1.16. The lowest BCUT2D eigenvalue weighted by Gasteiger charge is -2.40. The summed E-state index contributed by atoms with van der Waals surface area (Å²) in [5, 5.41) is 75.4. The van der Waals surface area contributed by atoms with E-state index >= 15 is 0 Å². The summed E-state index contributed by atoms with van der Waals surface area (Å²) < 4.78 is 11.1. The molecule has 11 nitrogen and oxygen atoms in total. The summed E-state index contributed by atoms with van der Waals surface area (Å²) in [6.07, 6.45) is 28.6. The van der Waals surface area contributed by atoms with Crippen LogP contribution in [-0.2, 0) is 14.3 Å². The molecule has 1 aliphatic heterocycles. The quantitative estimate of drug-likeness (QED) is 0.0222. The lowest BCUT2D eigenvalue weighted by Crippen LogP contribution is -2.60. The molecule has 0 radical (unpaired) electrons. The first-order chi connectivity index (χ1) is 28.2. The van der Waals surface area contributed by atoms with E-state index in [0.29, 0.717) is 19.3 Å². The van der Waals surface area contributed by atoms with Crippen LogP contribution in [0.25, 0.3) is 0 Å². The van der Waals surface area contributed by atoms with Crippen LogP contribution in [0.4, 0.5) is 0 Å². The number of hydrogen-bond donors (Lipinski definition) is 8. The van der Waals surface area contributed by atoms with Crippen molar-refractivity contribution in [2.75, 3.05) is 13.2 Å². The number of ether oxygens (including phenoxy) is 2. The van der Waals surface area contributed by atoms with Crippen molar-refractivity contribution in [3.8, 4) is 0 Å². The van der Waals surface area contributed by atoms with Crippen molar-refractivity contribution < 1.29 is 50.0 Å². The van der Waals surface area contributed by atoms with Gasteiger partial charge in [0.05, 0.1) is 25.4 Å². The minimum Gasteiger partial charge on any atom is -0.394 e. The van der Waals surface area contributed by atoms with Crippen LogP contribution in [-0.4, -0.2) is 110 Å². The van der Waals surface area contributed by atoms with Crippen molar-refractivity contribution in [3.63, 3.8) is 0 Å². The van der Waals surface area contributed by atoms with Crippen LogP contribution in [0.1, 0.15) is 213 Å². The predicted octanol–water partition coefficient (Wildman–Crippen LogP) is 8.06. The number of hydrogen-bond acceptors (Lipinski definition) is 10. The number of amides is 1. The fraction of sp³-hybridized carbons (Fsp3) is 0.936. The Hall–Kier alpha value is -1.15. The summed E-state index contributed by atoms with van der Waals surface area (Å²) in [5.41, 5.74) is 0. The van der Waals surface area contributed by atoms with Crippen LogP contribution in [0.5, 0.6) is 0 Å². The zero-order valence-electron chi connectivity index (χ0n) is 37.0. The Bertz CT molecular complexity index is 954. The Labute approximate surface area is 353 Å². The molecule has 0 aromatic rings. The van der Waals surface area contributed by atoms with Crippen LogP contribution in [0.2, 0.25) is 0 Å². The molecule has 0 aromatic carbocycles. The van der Waals surface area contributed by atoms with E-state index in [0.717, 1.165) is 44.9 Å². The van der Waals surface area contributed by atoms with Crippen molar-refractivity contribution >= 4 is 5.91 Å². The summed E-state index contributed by atoms with van der Waals surface area (Å²) in [6.45, 7) is 3.40. The van der Waals surface area contributed by atoms with Gasteiger partial charge in [-0.3, -0.25) is 4.79 Å². The standard InChI is InChI=1S/C47H91NO10/c1-3-5-7-9-11-13-14-15-16-17-18-19-20-21-22-23-24-25-26-27-29-31-33-35-40(51)46(56)48-38(37-57-47-45(55)44(54)43(53)41(36-49)58-47)42(52)39(50)34-32-30-28-12-10-8-6-4-2/h21-22,38-45,47,49-55H,3-20,23-37H2,1-2H3,(H,48,56)/b22-21-. The van der Waals surface area contributed by atoms with Crippen molar-refractivity contribution in [3.05, 3.63) is 12.2 Å². The van der Waals surface area contributed by atoms with E-state index in [2.05, 4.69) is 31.3 Å². The van der Waals surface area contributed by atoms with Crippen molar-refractivity contribution in [2.24, 2.45) is 0 Å². The number of aliphatic hydroxyl groups excluding tert-OH is 7. The monoisotopic (exact) mass is 830 g/mol. The van der Waals surface area contributed by atoms with Crippen LogP contribution in [0, 0.1) is 0 Å². The maximum absolute atomic E-state index is 13.0. The number of carbonyl (C=O) groups excluding carboxylic acids is 1. The maximum Gasteiger partial charge on any atom is 0.249 e. The van der Waals surface area contributed by atoms with E-state index in [4.69, 9.17) is 9.47 Å². The smallest absolute Gasteiger partial charge is 0.249 e. The highest BCUT2D eigenvalue weighted by molar-refractivity contribution is 5.80. The first kappa shape index (κ1) is 54.9. The molecular weight excluding hydrogens is 739 g/mol. The van der Waals surface area contributed by atoms with Gasteiger partial charge in [0, 0.05) is 0 Å². The van der Waals surface area contributed by atoms with Crippen LogP contribution >= 0.6 is 0 Å². The van der Waals surface area contributed by atoms with Gasteiger partial charge < -0.3 is 50.5 Å². The molecule has 1 saturated heterocycles. The van der Waals surface area contributed by atoms with Gasteiger partial charge in [0.2, 0.25) is 5.91 Å². The van der Waals surface area contributed by atoms with E-state index in [1.54, 1.807) is 0 Å². The normalized spacial score (nSPS) is 22.0. The molecule has 1 amide bonds. The minimum atomic E-state index is -1.66. The van der Waals surface area contributed by atoms with Crippen molar-refractivity contribution in [1.29, 1.82) is 0 Å². The van der Waals surface area contributed by atoms with Crippen LogP contribution < -0.4 is 5.32 Å². The predicted molar refractivity (Wildman–Crippen MR) is 233 cm³/mol. The highest BCUT2D eigenvalue weighted by Gasteiger charge is 2.44. The minimum absolute atomic E-state index is 0.257. The summed E-state index contributed by atoms with van der Waals surface area (Å²) in [7, 11) is 0. The molecule has 1 aliphatic rings. The Morgan fingerprint density at radius 3 is 1.45 bits per heavy atom. The van der Waals surface area contributed by atoms with Gasteiger partial charge in [0.25, 0.3) is 0 Å². The van der Waals surface area contributed by atoms with Gasteiger partial charge >= 0.3 is 0 Å². The molecule has 11 heteroatoms. The van der Waals surface area contributed by atoms with E-state index in [-0.39, 0.29) is 6.42 Å². The fourth-order valence-corrected chi connectivity index (χ4v) is 7.79. The molecule has 0 bridgehead atoms. The third-order valence-electron chi connectivity index (χ3n) is 11.8. The second-order valence-corrected chi connectivity index (χ2v) is 17.2. The number of allylic oxidation sites excluding steroid dienone is 2. The number of unbranched alkanes of at least 4 members (excludes halogenated alkanes) is 26. The molecule has 9 unspecified atom stereocenters. The first-order valence-electron chi connectivity index (χ1n) is 24.1. The summed E-state index contributed by atoms with van der Waals surface area (Å²) in [5.74, 6) is -0.701. The maximum atomic E-state index is 13.0. The number of nitrogens with one attached hydrogen (secondary N) is 1. The van der Waals surface area contributed by atoms with Crippen molar-refractivity contribution in [2.45, 2.75) is 268 Å². The Morgan fingerprint density at radius 2 is 1.00 bits per heavy atom. The van der Waals surface area contributed by atoms with Crippen LogP contribution in [0.15, 0.2) is 12.2 Å². The van der Waals surface area contributed by atoms with Gasteiger partial charge in [-0.25, -0.2) is 0 Å². The first-order valence-corrected chi connectivity index (χ1v) is 24.1. The number of carbonyl (C=O) groups is 1. The zero-order chi connectivity index (χ0) is 42.6. The Morgan fingerprint density at radius 1 is 0.586 bits per heavy atom. The number of rotatable bonds is 40. The van der Waals surface area contributed by atoms with Gasteiger partial charge in [0.15, 0.2) is 6.29 Å². The van der Waals surface area contributed by atoms with E-state index in [9.17, 15) is 40.5 Å². The molecule has 1 heterocycles. The largest absolute Gasteiger partial charge is 0.394 e. The second-order valence-electron chi connectivity index (χ2n) is 17.2. The summed E-state index contributed by atoms with van der Waals surface area (Å²) >= 11 is 0. The summed E-state index contributed by atoms with van der Waals surface area (Å²) in [4.78, 5) is 13.0. The fourth-order valence-electron chi connectivity index (χ4n) is 7.79. The lowest BCUT2D eigenvalue weighted by molar-refractivity contribution is -0.303. The van der Waals surface area contributed by atoms with E-state index in [1.165, 1.54) is 128 Å². The Kier molecular flexibility index (Phi) is 35.6. The molecule has 1 fully saturated rings. The van der Waals surface area contributed by atoms with Crippen LogP contribution in [0.3, 0.4) is 0 Å². The van der Waals surface area contributed by atoms with Gasteiger partial charge in [-0.05, 0) is 38.5 Å². The molecule has 0 aliphatic carbocycles. The highest BCUT2D eigenvalue weighted by Crippen LogP contribution is 2.23. The highest BCUT2D eigenvalue weighted by atomic mass is 16.7. The van der Waals surface area contributed by atoms with Gasteiger partial charge in [-0.2, -0.15) is 0 Å². The van der Waals surface area contributed by atoms with E-state index in [1.807, 2.05) is 0 Å². The number of aliphatic hydroxyl groups is 7. The lowest BCUT2D eigenvalue weighted by atomic mass is 9.98. The molecule has 0 spiro atoms. The van der Waals surface area contributed by atoms with Gasteiger partial charge in [-0.1, -0.05) is 187 Å². The van der Waals surface area contributed by atoms with Gasteiger partial charge in [-0.15, -0.1) is 0 Å².